The van der Waals surface area contributed by atoms with E-state index in [1.54, 1.807) is 0 Å². The number of rotatable bonds is 3. The Morgan fingerprint density at radius 3 is 2.89 bits per heavy atom. The topological polar surface area (TPSA) is 105 Å². The third-order valence-electron chi connectivity index (χ3n) is 2.93. The first kappa shape index (κ1) is 13.7. The van der Waals surface area contributed by atoms with Crippen LogP contribution < -0.4 is 11.2 Å². The van der Waals surface area contributed by atoms with Crippen molar-refractivity contribution < 1.29 is 19.3 Å². The summed E-state index contributed by atoms with van der Waals surface area (Å²) in [6.45, 7) is -0.382. The zero-order valence-electron chi connectivity index (χ0n) is 9.82. The number of aromatic nitrogens is 2. The maximum atomic E-state index is 12.1. The molecule has 2 heterocycles. The lowest BCUT2D eigenvalue weighted by atomic mass is 10.2. The van der Waals surface area contributed by atoms with Gasteiger partial charge < -0.3 is 14.9 Å². The fourth-order valence-electron chi connectivity index (χ4n) is 1.95. The van der Waals surface area contributed by atoms with Crippen LogP contribution in [0.25, 0.3) is 6.08 Å². The molecule has 8 heteroatoms. The Balaban J connectivity index is 2.38. The summed E-state index contributed by atoms with van der Waals surface area (Å²) < 4.78 is 18.5. The summed E-state index contributed by atoms with van der Waals surface area (Å²) in [6.07, 6.45) is -0.185. The van der Waals surface area contributed by atoms with Gasteiger partial charge in [-0.15, -0.1) is 0 Å². The van der Waals surface area contributed by atoms with Crippen molar-refractivity contribution in [2.75, 3.05) is 6.61 Å². The molecule has 1 aromatic heterocycles. The lowest BCUT2D eigenvalue weighted by molar-refractivity contribution is -0.0459. The van der Waals surface area contributed by atoms with Crippen LogP contribution in [0.2, 0.25) is 0 Å². The highest BCUT2D eigenvalue weighted by Gasteiger charge is 2.35. The Morgan fingerprint density at radius 2 is 2.32 bits per heavy atom. The van der Waals surface area contributed by atoms with Crippen molar-refractivity contribution in [2.45, 2.75) is 24.9 Å². The van der Waals surface area contributed by atoms with Crippen molar-refractivity contribution in [1.29, 1.82) is 0 Å². The maximum absolute atomic E-state index is 12.1. The number of aliphatic hydroxyl groups excluding tert-OH is 2. The molecule has 2 rings (SSSR count). The van der Waals surface area contributed by atoms with Crippen molar-refractivity contribution >= 4 is 6.08 Å². The SMILES string of the molecule is O=c1[nH]c(=O)n([C@@H]2CC(O)[C@H](CO)O2)cc1C=CF. The van der Waals surface area contributed by atoms with Gasteiger partial charge in [0.15, 0.2) is 0 Å². The molecule has 1 unspecified atom stereocenters. The molecular weight excluding hydrogens is 259 g/mol. The Labute approximate surface area is 106 Å². The van der Waals surface area contributed by atoms with Crippen molar-refractivity contribution in [3.05, 3.63) is 38.9 Å². The van der Waals surface area contributed by atoms with Gasteiger partial charge in [-0.2, -0.15) is 0 Å². The van der Waals surface area contributed by atoms with E-state index in [4.69, 9.17) is 9.84 Å². The molecule has 3 N–H and O–H groups in total. The molecule has 0 radical (unpaired) electrons. The van der Waals surface area contributed by atoms with Crippen LogP contribution in [0, 0.1) is 0 Å². The number of hydrogen-bond acceptors (Lipinski definition) is 5. The number of H-pyrrole nitrogens is 1. The van der Waals surface area contributed by atoms with Gasteiger partial charge in [-0.3, -0.25) is 14.3 Å². The molecule has 0 bridgehead atoms. The van der Waals surface area contributed by atoms with Gasteiger partial charge in [0.2, 0.25) is 0 Å². The summed E-state index contributed by atoms with van der Waals surface area (Å²) in [6, 6.07) is 0. The first-order valence-electron chi connectivity index (χ1n) is 5.63. The highest BCUT2D eigenvalue weighted by atomic mass is 19.1. The summed E-state index contributed by atoms with van der Waals surface area (Å²) in [5, 5.41) is 18.6. The van der Waals surface area contributed by atoms with Gasteiger partial charge in [0.05, 0.1) is 24.6 Å². The van der Waals surface area contributed by atoms with Gasteiger partial charge in [-0.25, -0.2) is 9.18 Å². The van der Waals surface area contributed by atoms with E-state index in [-0.39, 0.29) is 24.9 Å². The largest absolute Gasteiger partial charge is 0.394 e. The molecule has 1 fully saturated rings. The minimum absolute atomic E-state index is 0.0485. The van der Waals surface area contributed by atoms with E-state index < -0.39 is 29.7 Å². The number of aromatic amines is 1. The second kappa shape index (κ2) is 5.47. The summed E-state index contributed by atoms with van der Waals surface area (Å²) in [7, 11) is 0. The van der Waals surface area contributed by atoms with Crippen LogP contribution in [-0.2, 0) is 4.74 Å². The molecule has 19 heavy (non-hydrogen) atoms. The fraction of sp³-hybridized carbons (Fsp3) is 0.455. The monoisotopic (exact) mass is 272 g/mol. The normalized spacial score (nSPS) is 27.2. The number of aliphatic hydroxyl groups is 2. The van der Waals surface area contributed by atoms with Gasteiger partial charge in [0, 0.05) is 12.6 Å². The van der Waals surface area contributed by atoms with Gasteiger partial charge in [0.25, 0.3) is 5.56 Å². The zero-order chi connectivity index (χ0) is 14.0. The second-order valence-corrected chi connectivity index (χ2v) is 4.16. The summed E-state index contributed by atoms with van der Waals surface area (Å²) >= 11 is 0. The minimum atomic E-state index is -0.908. The van der Waals surface area contributed by atoms with E-state index in [0.717, 1.165) is 16.8 Å². The van der Waals surface area contributed by atoms with Crippen LogP contribution in [0.1, 0.15) is 18.2 Å². The van der Waals surface area contributed by atoms with Crippen LogP contribution in [0.5, 0.6) is 0 Å². The highest BCUT2D eigenvalue weighted by molar-refractivity contribution is 5.44. The molecule has 104 valence electrons. The number of ether oxygens (including phenoxy) is 1. The summed E-state index contributed by atoms with van der Waals surface area (Å²) in [5.41, 5.74) is -1.49. The molecule has 0 aromatic carbocycles. The van der Waals surface area contributed by atoms with E-state index in [0.29, 0.717) is 0 Å². The third kappa shape index (κ3) is 2.65. The lowest BCUT2D eigenvalue weighted by Gasteiger charge is -2.14. The average molecular weight is 272 g/mol. The molecule has 1 aliphatic heterocycles. The van der Waals surface area contributed by atoms with E-state index in [1.165, 1.54) is 0 Å². The van der Waals surface area contributed by atoms with Crippen LogP contribution in [-0.4, -0.2) is 38.6 Å². The van der Waals surface area contributed by atoms with E-state index in [2.05, 4.69) is 0 Å². The Kier molecular flexibility index (Phi) is 3.93. The first-order valence-corrected chi connectivity index (χ1v) is 5.63. The van der Waals surface area contributed by atoms with Crippen LogP contribution in [0.4, 0.5) is 4.39 Å². The molecular formula is C11H13FN2O5. The van der Waals surface area contributed by atoms with Crippen molar-refractivity contribution in [2.24, 2.45) is 0 Å². The molecule has 7 nitrogen and oxygen atoms in total. The number of hydrogen-bond donors (Lipinski definition) is 3. The fourth-order valence-corrected chi connectivity index (χ4v) is 1.95. The quantitative estimate of drug-likeness (QED) is 0.662. The standard InChI is InChI=1S/C11H13FN2O5/c12-2-1-6-4-14(11(18)13-10(6)17)9-3-7(16)8(5-15)19-9/h1-2,4,7-9,15-16H,3,5H2,(H,13,17,18)/t7?,8-,9-/m0/s1. The molecule has 1 aromatic rings. The maximum Gasteiger partial charge on any atom is 0.330 e. The van der Waals surface area contributed by atoms with E-state index in [1.807, 2.05) is 4.98 Å². The van der Waals surface area contributed by atoms with Gasteiger partial charge in [0.1, 0.15) is 12.3 Å². The molecule has 1 aliphatic rings. The van der Waals surface area contributed by atoms with Crippen molar-refractivity contribution in [3.63, 3.8) is 0 Å². The van der Waals surface area contributed by atoms with E-state index in [9.17, 15) is 19.1 Å². The Morgan fingerprint density at radius 1 is 1.58 bits per heavy atom. The first-order chi connectivity index (χ1) is 9.06. The number of nitrogens with zero attached hydrogens (tertiary/aromatic N) is 1. The Bertz CT molecular complexity index is 593. The zero-order valence-corrected chi connectivity index (χ0v) is 9.82. The molecule has 0 amide bonds. The molecule has 1 saturated heterocycles. The number of halogens is 1. The average Bonchev–Trinajstić information content (AvgIpc) is 2.74. The predicted molar refractivity (Wildman–Crippen MR) is 63.1 cm³/mol. The lowest BCUT2D eigenvalue weighted by Crippen LogP contribution is -2.33. The second-order valence-electron chi connectivity index (χ2n) is 4.16. The predicted octanol–water partition coefficient (Wildman–Crippen LogP) is -0.883. The smallest absolute Gasteiger partial charge is 0.330 e. The number of nitrogens with one attached hydrogen (secondary N) is 1. The third-order valence-corrected chi connectivity index (χ3v) is 2.93. The van der Waals surface area contributed by atoms with Crippen LogP contribution in [0.15, 0.2) is 22.1 Å². The summed E-state index contributed by atoms with van der Waals surface area (Å²) in [4.78, 5) is 25.0. The van der Waals surface area contributed by atoms with Gasteiger partial charge in [-0.1, -0.05) is 0 Å². The molecule has 0 saturated carbocycles. The molecule has 0 spiro atoms. The van der Waals surface area contributed by atoms with Crippen molar-refractivity contribution in [1.82, 2.24) is 9.55 Å². The van der Waals surface area contributed by atoms with Crippen molar-refractivity contribution in [3.8, 4) is 0 Å². The highest BCUT2D eigenvalue weighted by Crippen LogP contribution is 2.27. The van der Waals surface area contributed by atoms with Crippen LogP contribution >= 0.6 is 0 Å². The van der Waals surface area contributed by atoms with Gasteiger partial charge >= 0.3 is 5.69 Å². The Hall–Kier alpha value is -1.77. The minimum Gasteiger partial charge on any atom is -0.394 e. The summed E-state index contributed by atoms with van der Waals surface area (Å²) in [5.74, 6) is 0. The van der Waals surface area contributed by atoms with E-state index >= 15 is 0 Å². The molecule has 3 atom stereocenters. The van der Waals surface area contributed by atoms with Crippen LogP contribution in [0.3, 0.4) is 0 Å². The molecule has 0 aliphatic carbocycles. The van der Waals surface area contributed by atoms with Gasteiger partial charge in [-0.05, 0) is 6.08 Å².